The number of fused-ring (bicyclic) bond motifs is 1. The van der Waals surface area contributed by atoms with Crippen LogP contribution in [0.5, 0.6) is 0 Å². The molecule has 3 amide bonds. The number of imide groups is 1. The van der Waals surface area contributed by atoms with Crippen molar-refractivity contribution in [2.45, 2.75) is 45.8 Å². The molecule has 0 spiro atoms. The summed E-state index contributed by atoms with van der Waals surface area (Å²) in [5, 5.41) is 2.27. The topological polar surface area (TPSA) is 116 Å². The maximum absolute atomic E-state index is 12.8. The van der Waals surface area contributed by atoms with Crippen molar-refractivity contribution in [2.24, 2.45) is 0 Å². The minimum atomic E-state index is -3.59. The van der Waals surface area contributed by atoms with E-state index in [-0.39, 0.29) is 24.8 Å². The minimum absolute atomic E-state index is 0.0673. The van der Waals surface area contributed by atoms with Crippen LogP contribution in [0.25, 0.3) is 0 Å². The summed E-state index contributed by atoms with van der Waals surface area (Å²) in [6.07, 6.45) is 0.510. The molecular formula is C18H24N4O5S. The SMILES string of the molecule is CCN(CC)S(=O)(=O)NCc1ccc2c(c1)C(=O)N(C1CCC(=O)NC1=O)C2. The number of carbonyl (C=O) groups is 3. The van der Waals surface area contributed by atoms with Crippen LogP contribution >= 0.6 is 0 Å². The fraction of sp³-hybridized carbons (Fsp3) is 0.500. The van der Waals surface area contributed by atoms with Gasteiger partial charge in [-0.1, -0.05) is 26.0 Å². The molecule has 1 atom stereocenters. The number of piperidine rings is 1. The van der Waals surface area contributed by atoms with Crippen LogP contribution in [-0.2, 0) is 32.9 Å². The van der Waals surface area contributed by atoms with E-state index in [0.717, 1.165) is 5.56 Å². The van der Waals surface area contributed by atoms with Crippen molar-refractivity contribution in [3.8, 4) is 0 Å². The Morgan fingerprint density at radius 3 is 2.57 bits per heavy atom. The van der Waals surface area contributed by atoms with Crippen molar-refractivity contribution < 1.29 is 22.8 Å². The van der Waals surface area contributed by atoms with Crippen molar-refractivity contribution in [1.82, 2.24) is 19.2 Å². The molecule has 1 aromatic carbocycles. The van der Waals surface area contributed by atoms with Crippen molar-refractivity contribution in [1.29, 1.82) is 0 Å². The summed E-state index contributed by atoms with van der Waals surface area (Å²) in [6.45, 7) is 4.63. The third kappa shape index (κ3) is 3.94. The molecule has 10 heteroatoms. The first-order valence-electron chi connectivity index (χ1n) is 9.28. The lowest BCUT2D eigenvalue weighted by molar-refractivity contribution is -0.136. The van der Waals surface area contributed by atoms with Gasteiger partial charge in [-0.25, -0.2) is 0 Å². The predicted molar refractivity (Wildman–Crippen MR) is 101 cm³/mol. The van der Waals surface area contributed by atoms with Crippen LogP contribution in [0.4, 0.5) is 0 Å². The van der Waals surface area contributed by atoms with Crippen LogP contribution in [0.2, 0.25) is 0 Å². The normalized spacial score (nSPS) is 19.9. The van der Waals surface area contributed by atoms with Crippen molar-refractivity contribution in [2.75, 3.05) is 13.1 Å². The molecule has 1 saturated heterocycles. The molecule has 0 aromatic heterocycles. The molecule has 2 N–H and O–H groups in total. The highest BCUT2D eigenvalue weighted by atomic mass is 32.2. The van der Waals surface area contributed by atoms with Gasteiger partial charge < -0.3 is 4.90 Å². The summed E-state index contributed by atoms with van der Waals surface area (Å²) in [4.78, 5) is 37.7. The molecule has 1 aromatic rings. The molecular weight excluding hydrogens is 384 g/mol. The van der Waals surface area contributed by atoms with Crippen molar-refractivity contribution in [3.05, 3.63) is 34.9 Å². The second-order valence-electron chi connectivity index (χ2n) is 6.80. The summed E-state index contributed by atoms with van der Waals surface area (Å²) in [5.41, 5.74) is 1.90. The number of carbonyl (C=O) groups excluding carboxylic acids is 3. The molecule has 1 unspecified atom stereocenters. The van der Waals surface area contributed by atoms with Gasteiger partial charge in [0.25, 0.3) is 16.1 Å². The van der Waals surface area contributed by atoms with E-state index in [0.29, 0.717) is 37.2 Å². The molecule has 2 aliphatic heterocycles. The Bertz CT molecular complexity index is 911. The number of benzene rings is 1. The minimum Gasteiger partial charge on any atom is -0.322 e. The Kier molecular flexibility index (Phi) is 5.82. The molecule has 152 valence electrons. The number of hydrogen-bond acceptors (Lipinski definition) is 5. The number of rotatable bonds is 7. The standard InChI is InChI=1S/C18H24N4O5S/c1-3-21(4-2)28(26,27)19-10-12-5-6-13-11-22(18(25)14(13)9-12)15-7-8-16(23)20-17(15)24/h5-6,9,15,19H,3-4,7-8,10-11H2,1-2H3,(H,20,23,24). The maximum Gasteiger partial charge on any atom is 0.279 e. The summed E-state index contributed by atoms with van der Waals surface area (Å²) < 4.78 is 28.4. The highest BCUT2D eigenvalue weighted by Gasteiger charge is 2.39. The van der Waals surface area contributed by atoms with E-state index >= 15 is 0 Å². The molecule has 1 fully saturated rings. The second-order valence-corrected chi connectivity index (χ2v) is 8.56. The lowest BCUT2D eigenvalue weighted by atomic mass is 10.0. The van der Waals surface area contributed by atoms with Gasteiger partial charge in [0.1, 0.15) is 6.04 Å². The van der Waals surface area contributed by atoms with E-state index in [2.05, 4.69) is 10.0 Å². The highest BCUT2D eigenvalue weighted by molar-refractivity contribution is 7.87. The van der Waals surface area contributed by atoms with Gasteiger partial charge in [-0.2, -0.15) is 17.4 Å². The van der Waals surface area contributed by atoms with Gasteiger partial charge in [-0.15, -0.1) is 0 Å². The third-order valence-corrected chi connectivity index (χ3v) is 6.80. The number of nitrogens with one attached hydrogen (secondary N) is 2. The first-order valence-corrected chi connectivity index (χ1v) is 10.7. The zero-order valence-corrected chi connectivity index (χ0v) is 16.7. The molecule has 2 aliphatic rings. The van der Waals surface area contributed by atoms with E-state index < -0.39 is 22.2 Å². The lowest BCUT2D eigenvalue weighted by Crippen LogP contribution is -2.52. The van der Waals surface area contributed by atoms with Crippen LogP contribution in [0.3, 0.4) is 0 Å². The lowest BCUT2D eigenvalue weighted by Gasteiger charge is -2.29. The quantitative estimate of drug-likeness (QED) is 0.622. The average Bonchev–Trinajstić information content (AvgIpc) is 2.97. The van der Waals surface area contributed by atoms with Crippen molar-refractivity contribution >= 4 is 27.9 Å². The first kappa shape index (κ1) is 20.4. The molecule has 0 bridgehead atoms. The molecule has 9 nitrogen and oxygen atoms in total. The van der Waals surface area contributed by atoms with Gasteiger partial charge >= 0.3 is 0 Å². The summed E-state index contributed by atoms with van der Waals surface area (Å²) in [7, 11) is -3.59. The Morgan fingerprint density at radius 1 is 1.21 bits per heavy atom. The molecule has 0 saturated carbocycles. The summed E-state index contributed by atoms with van der Waals surface area (Å²) >= 11 is 0. The number of nitrogens with zero attached hydrogens (tertiary/aromatic N) is 2. The van der Waals surface area contributed by atoms with Gasteiger partial charge in [0.05, 0.1) is 0 Å². The highest BCUT2D eigenvalue weighted by Crippen LogP contribution is 2.28. The molecule has 28 heavy (non-hydrogen) atoms. The van der Waals surface area contributed by atoms with Gasteiger partial charge in [0.2, 0.25) is 11.8 Å². The Balaban J connectivity index is 1.72. The van der Waals surface area contributed by atoms with Gasteiger partial charge in [-0.05, 0) is 23.6 Å². The van der Waals surface area contributed by atoms with E-state index in [1.165, 1.54) is 9.21 Å². The van der Waals surface area contributed by atoms with Gasteiger partial charge in [-0.3, -0.25) is 19.7 Å². The van der Waals surface area contributed by atoms with E-state index in [9.17, 15) is 22.8 Å². The van der Waals surface area contributed by atoms with Crippen LogP contribution in [0.15, 0.2) is 18.2 Å². The molecule has 2 heterocycles. The fourth-order valence-corrected chi connectivity index (χ4v) is 4.75. The molecule has 0 radical (unpaired) electrons. The molecule has 3 rings (SSSR count). The third-order valence-electron chi connectivity index (χ3n) is 5.10. The zero-order chi connectivity index (χ0) is 20.5. The predicted octanol–water partition coefficient (Wildman–Crippen LogP) is 0.124. The van der Waals surface area contributed by atoms with Gasteiger partial charge in [0, 0.05) is 38.2 Å². The fourth-order valence-electron chi connectivity index (χ4n) is 3.54. The van der Waals surface area contributed by atoms with Gasteiger partial charge in [0.15, 0.2) is 0 Å². The first-order chi connectivity index (χ1) is 13.3. The Morgan fingerprint density at radius 2 is 1.93 bits per heavy atom. The number of amides is 3. The summed E-state index contributed by atoms with van der Waals surface area (Å²) in [5.74, 6) is -1.06. The maximum atomic E-state index is 12.8. The molecule has 0 aliphatic carbocycles. The van der Waals surface area contributed by atoms with Crippen molar-refractivity contribution in [3.63, 3.8) is 0 Å². The summed E-state index contributed by atoms with van der Waals surface area (Å²) in [6, 6.07) is 4.54. The second kappa shape index (κ2) is 7.98. The van der Waals surface area contributed by atoms with E-state index in [4.69, 9.17) is 0 Å². The Labute approximate surface area is 164 Å². The largest absolute Gasteiger partial charge is 0.322 e. The number of hydrogen-bond donors (Lipinski definition) is 2. The van der Waals surface area contributed by atoms with Crippen LogP contribution in [0, 0.1) is 0 Å². The average molecular weight is 408 g/mol. The smallest absolute Gasteiger partial charge is 0.279 e. The van der Waals surface area contributed by atoms with Crippen LogP contribution < -0.4 is 10.0 Å². The van der Waals surface area contributed by atoms with E-state index in [1.807, 2.05) is 0 Å². The van der Waals surface area contributed by atoms with E-state index in [1.54, 1.807) is 32.0 Å². The monoisotopic (exact) mass is 408 g/mol. The Hall–Kier alpha value is -2.30. The zero-order valence-electron chi connectivity index (χ0n) is 15.9. The van der Waals surface area contributed by atoms with Crippen LogP contribution in [0.1, 0.15) is 48.2 Å². The van der Waals surface area contributed by atoms with Crippen LogP contribution in [-0.4, -0.2) is 54.5 Å².